The number of hydrogen-bond acceptors (Lipinski definition) is 5. The highest BCUT2D eigenvalue weighted by molar-refractivity contribution is 9.10. The van der Waals surface area contributed by atoms with E-state index in [9.17, 15) is 9.59 Å². The maximum atomic E-state index is 12.1. The smallest absolute Gasteiger partial charge is 0.327 e. The number of esters is 1. The van der Waals surface area contributed by atoms with E-state index in [4.69, 9.17) is 0 Å². The Balaban J connectivity index is 2.09. The number of anilines is 1. The topological polar surface area (TPSA) is 73.2 Å². The SMILES string of the molecule is COC(=O)Cn1ncc(NC2CCC(C)CC2)c(Br)c1=O. The van der Waals surface area contributed by atoms with Gasteiger partial charge >= 0.3 is 5.97 Å². The first-order valence-electron chi connectivity index (χ1n) is 7.10. The molecule has 7 heteroatoms. The van der Waals surface area contributed by atoms with E-state index >= 15 is 0 Å². The third-order valence-electron chi connectivity index (χ3n) is 3.87. The molecule has 6 nitrogen and oxygen atoms in total. The number of nitrogens with one attached hydrogen (secondary N) is 1. The van der Waals surface area contributed by atoms with Crippen molar-refractivity contribution in [2.45, 2.75) is 45.2 Å². The molecule has 1 aliphatic carbocycles. The summed E-state index contributed by atoms with van der Waals surface area (Å²) in [6, 6.07) is 0.371. The molecular weight excluding hydrogens is 338 g/mol. The second kappa shape index (κ2) is 7.06. The Morgan fingerprint density at radius 2 is 2.14 bits per heavy atom. The van der Waals surface area contributed by atoms with E-state index in [2.05, 4.69) is 38.0 Å². The van der Waals surface area contributed by atoms with Crippen LogP contribution in [0.3, 0.4) is 0 Å². The Morgan fingerprint density at radius 3 is 2.76 bits per heavy atom. The van der Waals surface area contributed by atoms with Gasteiger partial charge in [-0.25, -0.2) is 4.68 Å². The molecule has 0 atom stereocenters. The van der Waals surface area contributed by atoms with Crippen LogP contribution in [-0.2, 0) is 16.1 Å². The van der Waals surface area contributed by atoms with Crippen molar-refractivity contribution in [1.29, 1.82) is 0 Å². The number of aromatic nitrogens is 2. The van der Waals surface area contributed by atoms with Gasteiger partial charge in [-0.15, -0.1) is 0 Å². The summed E-state index contributed by atoms with van der Waals surface area (Å²) in [6.45, 7) is 2.08. The summed E-state index contributed by atoms with van der Waals surface area (Å²) >= 11 is 3.29. The van der Waals surface area contributed by atoms with Gasteiger partial charge in [0.05, 0.1) is 19.0 Å². The summed E-state index contributed by atoms with van der Waals surface area (Å²) in [4.78, 5) is 23.4. The number of nitrogens with zero attached hydrogens (tertiary/aromatic N) is 2. The Bertz CT molecular complexity index is 565. The first-order valence-corrected chi connectivity index (χ1v) is 7.89. The molecule has 1 aromatic rings. The minimum absolute atomic E-state index is 0.185. The van der Waals surface area contributed by atoms with Gasteiger partial charge in [-0.05, 0) is 47.5 Å². The molecule has 0 aliphatic heterocycles. The van der Waals surface area contributed by atoms with E-state index in [1.807, 2.05) is 0 Å². The fourth-order valence-electron chi connectivity index (χ4n) is 2.49. The van der Waals surface area contributed by atoms with Crippen LogP contribution in [-0.4, -0.2) is 28.9 Å². The lowest BCUT2D eigenvalue weighted by molar-refractivity contribution is -0.141. The Kier molecular flexibility index (Phi) is 5.39. The van der Waals surface area contributed by atoms with Gasteiger partial charge in [0, 0.05) is 6.04 Å². The maximum absolute atomic E-state index is 12.1. The van der Waals surface area contributed by atoms with E-state index in [-0.39, 0.29) is 12.1 Å². The molecular formula is C14H20BrN3O3. The highest BCUT2D eigenvalue weighted by Crippen LogP contribution is 2.27. The zero-order valence-electron chi connectivity index (χ0n) is 12.3. The van der Waals surface area contributed by atoms with Crippen LogP contribution in [0.2, 0.25) is 0 Å². The molecule has 1 aromatic heterocycles. The molecule has 0 spiro atoms. The average molecular weight is 358 g/mol. The molecule has 1 aliphatic rings. The summed E-state index contributed by atoms with van der Waals surface area (Å²) in [5, 5.41) is 7.38. The second-order valence-electron chi connectivity index (χ2n) is 5.51. The first-order chi connectivity index (χ1) is 10.0. The normalized spacial score (nSPS) is 21.9. The number of ether oxygens (including phenoxy) is 1. The zero-order valence-corrected chi connectivity index (χ0v) is 13.9. The van der Waals surface area contributed by atoms with Crippen LogP contribution in [0, 0.1) is 5.92 Å². The second-order valence-corrected chi connectivity index (χ2v) is 6.31. The van der Waals surface area contributed by atoms with Crippen LogP contribution < -0.4 is 10.9 Å². The largest absolute Gasteiger partial charge is 0.468 e. The fourth-order valence-corrected chi connectivity index (χ4v) is 2.91. The lowest BCUT2D eigenvalue weighted by Crippen LogP contribution is -2.30. The third kappa shape index (κ3) is 4.06. The Hall–Kier alpha value is -1.37. The van der Waals surface area contributed by atoms with Crippen molar-refractivity contribution in [2.75, 3.05) is 12.4 Å². The monoisotopic (exact) mass is 357 g/mol. The van der Waals surface area contributed by atoms with Gasteiger partial charge in [-0.3, -0.25) is 9.59 Å². The highest BCUT2D eigenvalue weighted by atomic mass is 79.9. The molecule has 0 saturated heterocycles. The van der Waals surface area contributed by atoms with E-state index in [1.165, 1.54) is 20.0 Å². The van der Waals surface area contributed by atoms with Crippen LogP contribution >= 0.6 is 15.9 Å². The predicted molar refractivity (Wildman–Crippen MR) is 83.3 cm³/mol. The lowest BCUT2D eigenvalue weighted by atomic mass is 9.87. The van der Waals surface area contributed by atoms with Gasteiger partial charge in [-0.2, -0.15) is 5.10 Å². The molecule has 1 N–H and O–H groups in total. The van der Waals surface area contributed by atoms with E-state index in [0.29, 0.717) is 16.2 Å². The molecule has 0 aromatic carbocycles. The molecule has 1 fully saturated rings. The number of halogens is 1. The Labute approximate surface area is 132 Å². The zero-order chi connectivity index (χ0) is 15.4. The Morgan fingerprint density at radius 1 is 1.48 bits per heavy atom. The van der Waals surface area contributed by atoms with Crippen LogP contribution in [0.1, 0.15) is 32.6 Å². The van der Waals surface area contributed by atoms with Crippen LogP contribution in [0.4, 0.5) is 5.69 Å². The molecule has 0 amide bonds. The standard InChI is InChI=1S/C14H20BrN3O3/c1-9-3-5-10(6-4-9)17-11-7-16-18(8-12(19)21-2)14(20)13(11)15/h7,9-10,17H,3-6,8H2,1-2H3. The number of carbonyl (C=O) groups excluding carboxylic acids is 1. The van der Waals surface area contributed by atoms with Gasteiger partial charge in [0.2, 0.25) is 0 Å². The summed E-state index contributed by atoms with van der Waals surface area (Å²) in [5.41, 5.74) is 0.343. The fraction of sp³-hybridized carbons (Fsp3) is 0.643. The van der Waals surface area contributed by atoms with Crippen molar-refractivity contribution in [3.8, 4) is 0 Å². The summed E-state index contributed by atoms with van der Waals surface area (Å²) in [6.07, 6.45) is 6.16. The van der Waals surface area contributed by atoms with Gasteiger partial charge in [0.15, 0.2) is 0 Å². The van der Waals surface area contributed by atoms with E-state index < -0.39 is 5.97 Å². The van der Waals surface area contributed by atoms with Crippen molar-refractivity contribution in [3.63, 3.8) is 0 Å². The quantitative estimate of drug-likeness (QED) is 0.836. The van der Waals surface area contributed by atoms with Gasteiger partial charge in [0.1, 0.15) is 11.0 Å². The third-order valence-corrected chi connectivity index (χ3v) is 4.63. The molecule has 0 unspecified atom stereocenters. The van der Waals surface area contributed by atoms with Crippen molar-refractivity contribution < 1.29 is 9.53 Å². The van der Waals surface area contributed by atoms with Crippen molar-refractivity contribution in [3.05, 3.63) is 21.0 Å². The predicted octanol–water partition coefficient (Wildman–Crippen LogP) is 2.17. The number of carbonyl (C=O) groups is 1. The maximum Gasteiger partial charge on any atom is 0.327 e. The summed E-state index contributed by atoms with van der Waals surface area (Å²) in [5.74, 6) is 0.274. The van der Waals surface area contributed by atoms with E-state index in [0.717, 1.165) is 23.4 Å². The molecule has 116 valence electrons. The van der Waals surface area contributed by atoms with Crippen molar-refractivity contribution >= 4 is 27.6 Å². The summed E-state index contributed by atoms with van der Waals surface area (Å²) < 4.78 is 6.03. The minimum atomic E-state index is -0.501. The molecule has 1 heterocycles. The van der Waals surface area contributed by atoms with Gasteiger partial charge < -0.3 is 10.1 Å². The number of methoxy groups -OCH3 is 1. The van der Waals surface area contributed by atoms with Crippen molar-refractivity contribution in [2.24, 2.45) is 5.92 Å². The van der Waals surface area contributed by atoms with Crippen LogP contribution in [0.5, 0.6) is 0 Å². The van der Waals surface area contributed by atoms with Crippen LogP contribution in [0.25, 0.3) is 0 Å². The van der Waals surface area contributed by atoms with Gasteiger partial charge in [0.25, 0.3) is 5.56 Å². The highest BCUT2D eigenvalue weighted by Gasteiger charge is 2.20. The molecule has 0 bridgehead atoms. The number of rotatable bonds is 4. The minimum Gasteiger partial charge on any atom is -0.468 e. The molecule has 1 saturated carbocycles. The van der Waals surface area contributed by atoms with Gasteiger partial charge in [-0.1, -0.05) is 6.92 Å². The van der Waals surface area contributed by atoms with E-state index in [1.54, 1.807) is 6.20 Å². The van der Waals surface area contributed by atoms with Crippen molar-refractivity contribution in [1.82, 2.24) is 9.78 Å². The molecule has 2 rings (SSSR count). The van der Waals surface area contributed by atoms with Crippen LogP contribution in [0.15, 0.2) is 15.5 Å². The molecule has 0 radical (unpaired) electrons. The first kappa shape index (κ1) is 16.0. The molecule has 21 heavy (non-hydrogen) atoms. The number of hydrogen-bond donors (Lipinski definition) is 1. The summed E-state index contributed by atoms with van der Waals surface area (Å²) in [7, 11) is 1.28. The lowest BCUT2D eigenvalue weighted by Gasteiger charge is -2.27. The average Bonchev–Trinajstić information content (AvgIpc) is 2.49.